The van der Waals surface area contributed by atoms with Crippen LogP contribution < -0.4 is 20.1 Å². The van der Waals surface area contributed by atoms with E-state index in [1.165, 1.54) is 6.33 Å². The number of aromatic nitrogens is 2. The van der Waals surface area contributed by atoms with E-state index in [4.69, 9.17) is 9.47 Å². The highest BCUT2D eigenvalue weighted by Crippen LogP contribution is 2.31. The molecule has 1 aromatic heterocycles. The van der Waals surface area contributed by atoms with Crippen LogP contribution >= 0.6 is 0 Å². The lowest BCUT2D eigenvalue weighted by atomic mass is 10.1. The number of amides is 1. The van der Waals surface area contributed by atoms with Crippen molar-refractivity contribution in [3.05, 3.63) is 66.1 Å². The van der Waals surface area contributed by atoms with Crippen LogP contribution in [0.25, 0.3) is 0 Å². The second-order valence-corrected chi connectivity index (χ2v) is 6.75. The molecule has 0 saturated heterocycles. The molecule has 1 atom stereocenters. The predicted molar refractivity (Wildman–Crippen MR) is 111 cm³/mol. The van der Waals surface area contributed by atoms with Gasteiger partial charge in [-0.15, -0.1) is 0 Å². The molecule has 0 bridgehead atoms. The number of hydrogen-bond acceptors (Lipinski definition) is 6. The number of benzene rings is 2. The molecule has 0 fully saturated rings. The van der Waals surface area contributed by atoms with E-state index in [0.717, 1.165) is 29.1 Å². The van der Waals surface area contributed by atoms with E-state index in [9.17, 15) is 4.79 Å². The van der Waals surface area contributed by atoms with Crippen molar-refractivity contribution in [3.63, 3.8) is 0 Å². The molecule has 0 radical (unpaired) electrons. The number of carbonyl (C=O) groups is 1. The standard InChI is InChI=1S/C22H22N4O3/c1-3-15-8-9-16(25-21-10-14(2)23-13-24-21)11-17(15)26-22(27)20-12-28-18-6-4-5-7-19(18)29-20/h4-11,13,20H,3,12H2,1-2H3,(H,26,27)(H,23,24,25). The van der Waals surface area contributed by atoms with E-state index in [-0.39, 0.29) is 12.5 Å². The number of fused-ring (bicyclic) bond motifs is 1. The Kier molecular flexibility index (Phi) is 5.29. The maximum atomic E-state index is 12.8. The molecule has 7 heteroatoms. The van der Waals surface area contributed by atoms with Crippen molar-refractivity contribution < 1.29 is 14.3 Å². The number of ether oxygens (including phenoxy) is 2. The molecule has 0 aliphatic carbocycles. The van der Waals surface area contributed by atoms with Gasteiger partial charge in [0.25, 0.3) is 5.91 Å². The molecule has 3 aromatic rings. The average molecular weight is 390 g/mol. The van der Waals surface area contributed by atoms with Gasteiger partial charge in [0.1, 0.15) is 18.8 Å². The highest BCUT2D eigenvalue weighted by molar-refractivity contribution is 5.96. The summed E-state index contributed by atoms with van der Waals surface area (Å²) < 4.78 is 11.5. The molecule has 2 N–H and O–H groups in total. The lowest BCUT2D eigenvalue weighted by Crippen LogP contribution is -2.40. The number of aryl methyl sites for hydroxylation is 2. The molecular formula is C22H22N4O3. The summed E-state index contributed by atoms with van der Waals surface area (Å²) in [6.45, 7) is 4.12. The predicted octanol–water partition coefficient (Wildman–Crippen LogP) is 3.87. The van der Waals surface area contributed by atoms with Crippen molar-refractivity contribution in [2.24, 2.45) is 0 Å². The van der Waals surface area contributed by atoms with Crippen LogP contribution in [0, 0.1) is 6.92 Å². The molecule has 0 spiro atoms. The van der Waals surface area contributed by atoms with Crippen LogP contribution in [0.2, 0.25) is 0 Å². The van der Waals surface area contributed by atoms with E-state index in [0.29, 0.717) is 17.3 Å². The van der Waals surface area contributed by atoms with Crippen LogP contribution in [0.1, 0.15) is 18.2 Å². The molecule has 1 amide bonds. The number of anilines is 3. The molecule has 0 saturated carbocycles. The van der Waals surface area contributed by atoms with Crippen LogP contribution in [0.15, 0.2) is 54.9 Å². The van der Waals surface area contributed by atoms with Crippen molar-refractivity contribution >= 4 is 23.1 Å². The minimum absolute atomic E-state index is 0.169. The van der Waals surface area contributed by atoms with Crippen LogP contribution in [0.4, 0.5) is 17.2 Å². The maximum absolute atomic E-state index is 12.8. The summed E-state index contributed by atoms with van der Waals surface area (Å²) in [4.78, 5) is 21.1. The molecule has 148 valence electrons. The minimum atomic E-state index is -0.712. The van der Waals surface area contributed by atoms with E-state index in [1.54, 1.807) is 6.07 Å². The zero-order valence-corrected chi connectivity index (χ0v) is 16.3. The fraction of sp³-hybridized carbons (Fsp3) is 0.227. The van der Waals surface area contributed by atoms with Gasteiger partial charge in [-0.05, 0) is 43.2 Å². The van der Waals surface area contributed by atoms with Crippen molar-refractivity contribution in [3.8, 4) is 11.5 Å². The summed E-state index contributed by atoms with van der Waals surface area (Å²) in [5.41, 5.74) is 3.45. The van der Waals surface area contributed by atoms with Crippen LogP contribution in [0.5, 0.6) is 11.5 Å². The highest BCUT2D eigenvalue weighted by atomic mass is 16.6. The van der Waals surface area contributed by atoms with Gasteiger partial charge in [0, 0.05) is 23.1 Å². The number of carbonyl (C=O) groups excluding carboxylic acids is 1. The Labute approximate surface area is 169 Å². The zero-order valence-electron chi connectivity index (χ0n) is 16.3. The van der Waals surface area contributed by atoms with Gasteiger partial charge in [-0.2, -0.15) is 0 Å². The third kappa shape index (κ3) is 4.29. The van der Waals surface area contributed by atoms with E-state index in [2.05, 4.69) is 20.6 Å². The smallest absolute Gasteiger partial charge is 0.269 e. The van der Waals surface area contributed by atoms with Crippen LogP contribution in [0.3, 0.4) is 0 Å². The lowest BCUT2D eigenvalue weighted by molar-refractivity contribution is -0.125. The number of nitrogens with zero attached hydrogens (tertiary/aromatic N) is 2. The Hall–Kier alpha value is -3.61. The monoisotopic (exact) mass is 390 g/mol. The number of nitrogens with one attached hydrogen (secondary N) is 2. The third-order valence-corrected chi connectivity index (χ3v) is 4.63. The van der Waals surface area contributed by atoms with Gasteiger partial charge in [0.15, 0.2) is 11.5 Å². The Bertz CT molecular complexity index is 1040. The van der Waals surface area contributed by atoms with Gasteiger partial charge in [0.2, 0.25) is 6.10 Å². The summed E-state index contributed by atoms with van der Waals surface area (Å²) in [7, 11) is 0. The molecule has 29 heavy (non-hydrogen) atoms. The molecular weight excluding hydrogens is 368 g/mol. The Morgan fingerprint density at radius 1 is 1.14 bits per heavy atom. The van der Waals surface area contributed by atoms with Gasteiger partial charge < -0.3 is 20.1 Å². The fourth-order valence-electron chi connectivity index (χ4n) is 3.11. The first-order chi connectivity index (χ1) is 14.1. The second-order valence-electron chi connectivity index (χ2n) is 6.75. The normalized spacial score (nSPS) is 14.9. The second kappa shape index (κ2) is 8.18. The number of para-hydroxylation sites is 2. The largest absolute Gasteiger partial charge is 0.485 e. The van der Waals surface area contributed by atoms with Crippen molar-refractivity contribution in [2.75, 3.05) is 17.2 Å². The highest BCUT2D eigenvalue weighted by Gasteiger charge is 2.27. The Balaban J connectivity index is 1.50. The van der Waals surface area contributed by atoms with Gasteiger partial charge in [0.05, 0.1) is 0 Å². The molecule has 2 aromatic carbocycles. The lowest BCUT2D eigenvalue weighted by Gasteiger charge is -2.26. The summed E-state index contributed by atoms with van der Waals surface area (Å²) >= 11 is 0. The first kappa shape index (κ1) is 18.7. The average Bonchev–Trinajstić information content (AvgIpc) is 2.73. The molecule has 1 aliphatic heterocycles. The summed E-state index contributed by atoms with van der Waals surface area (Å²) in [5.74, 6) is 1.67. The van der Waals surface area contributed by atoms with Gasteiger partial charge in [-0.25, -0.2) is 9.97 Å². The molecule has 2 heterocycles. The van der Waals surface area contributed by atoms with Crippen molar-refractivity contribution in [2.45, 2.75) is 26.4 Å². The Morgan fingerprint density at radius 2 is 1.97 bits per heavy atom. The first-order valence-corrected chi connectivity index (χ1v) is 9.50. The number of hydrogen-bond donors (Lipinski definition) is 2. The molecule has 7 nitrogen and oxygen atoms in total. The molecule has 1 unspecified atom stereocenters. The SMILES string of the molecule is CCc1ccc(Nc2cc(C)ncn2)cc1NC(=O)C1COc2ccccc2O1. The zero-order chi connectivity index (χ0) is 20.2. The van der Waals surface area contributed by atoms with E-state index in [1.807, 2.05) is 56.3 Å². The van der Waals surface area contributed by atoms with Crippen LogP contribution in [-0.2, 0) is 11.2 Å². The maximum Gasteiger partial charge on any atom is 0.269 e. The quantitative estimate of drug-likeness (QED) is 0.688. The van der Waals surface area contributed by atoms with Gasteiger partial charge in [-0.1, -0.05) is 25.1 Å². The third-order valence-electron chi connectivity index (χ3n) is 4.63. The molecule has 4 rings (SSSR count). The van der Waals surface area contributed by atoms with Crippen molar-refractivity contribution in [1.82, 2.24) is 9.97 Å². The van der Waals surface area contributed by atoms with Crippen molar-refractivity contribution in [1.29, 1.82) is 0 Å². The Morgan fingerprint density at radius 3 is 2.76 bits per heavy atom. The summed E-state index contributed by atoms with van der Waals surface area (Å²) in [6, 6.07) is 15.0. The topological polar surface area (TPSA) is 85.4 Å². The number of rotatable bonds is 5. The van der Waals surface area contributed by atoms with E-state index < -0.39 is 6.10 Å². The summed E-state index contributed by atoms with van der Waals surface area (Å²) in [6.07, 6.45) is 1.59. The van der Waals surface area contributed by atoms with Gasteiger partial charge in [-0.3, -0.25) is 4.79 Å². The first-order valence-electron chi connectivity index (χ1n) is 9.50. The minimum Gasteiger partial charge on any atom is -0.485 e. The molecule has 1 aliphatic rings. The van der Waals surface area contributed by atoms with Crippen LogP contribution in [-0.4, -0.2) is 28.6 Å². The van der Waals surface area contributed by atoms with Gasteiger partial charge >= 0.3 is 0 Å². The fourth-order valence-corrected chi connectivity index (χ4v) is 3.11. The van der Waals surface area contributed by atoms with E-state index >= 15 is 0 Å². The summed E-state index contributed by atoms with van der Waals surface area (Å²) in [5, 5.41) is 6.23.